The standard InChI is InChI=1S/C21H20FN3O4/c1-12-4-6-15(10-16(12)22)25-11-14(9-19(25)26)21-23-20(24-29-21)13-5-7-17(27-2)18(8-13)28-3/h4-8,10,14H,9,11H2,1-3H3/t14-/m1/s1. The molecule has 1 saturated heterocycles. The fraction of sp³-hybridized carbons (Fsp3) is 0.286. The van der Waals surface area contributed by atoms with Crippen LogP contribution < -0.4 is 14.4 Å². The van der Waals surface area contributed by atoms with Gasteiger partial charge in [-0.25, -0.2) is 4.39 Å². The summed E-state index contributed by atoms with van der Waals surface area (Å²) in [5.74, 6) is 1.22. The van der Waals surface area contributed by atoms with E-state index in [0.29, 0.717) is 46.6 Å². The Labute approximate surface area is 167 Å². The second-order valence-corrected chi connectivity index (χ2v) is 6.86. The Kier molecular flexibility index (Phi) is 4.92. The van der Waals surface area contributed by atoms with Crippen molar-refractivity contribution in [1.29, 1.82) is 0 Å². The van der Waals surface area contributed by atoms with E-state index in [1.807, 2.05) is 0 Å². The Hall–Kier alpha value is -3.42. The van der Waals surface area contributed by atoms with Gasteiger partial charge in [0.2, 0.25) is 17.6 Å². The molecular weight excluding hydrogens is 377 g/mol. The van der Waals surface area contributed by atoms with Gasteiger partial charge < -0.3 is 18.9 Å². The number of hydrogen-bond acceptors (Lipinski definition) is 6. The van der Waals surface area contributed by atoms with Crippen LogP contribution >= 0.6 is 0 Å². The van der Waals surface area contributed by atoms with E-state index in [2.05, 4.69) is 10.1 Å². The summed E-state index contributed by atoms with van der Waals surface area (Å²) in [6.07, 6.45) is 0.225. The van der Waals surface area contributed by atoms with Gasteiger partial charge in [-0.2, -0.15) is 4.98 Å². The molecule has 7 nitrogen and oxygen atoms in total. The van der Waals surface area contributed by atoms with Gasteiger partial charge in [0.15, 0.2) is 11.5 Å². The highest BCUT2D eigenvalue weighted by molar-refractivity contribution is 5.96. The van der Waals surface area contributed by atoms with Gasteiger partial charge in [-0.15, -0.1) is 0 Å². The molecule has 2 heterocycles. The van der Waals surface area contributed by atoms with Crippen LogP contribution in [-0.2, 0) is 4.79 Å². The van der Waals surface area contributed by atoms with Crippen LogP contribution in [0.4, 0.5) is 10.1 Å². The van der Waals surface area contributed by atoms with Crippen molar-refractivity contribution in [3.05, 3.63) is 53.7 Å². The maximum absolute atomic E-state index is 13.9. The van der Waals surface area contributed by atoms with Crippen molar-refractivity contribution >= 4 is 11.6 Å². The molecular formula is C21H20FN3O4. The lowest BCUT2D eigenvalue weighted by atomic mass is 10.1. The molecule has 2 aromatic carbocycles. The number of hydrogen-bond donors (Lipinski definition) is 0. The maximum Gasteiger partial charge on any atom is 0.232 e. The zero-order valence-corrected chi connectivity index (χ0v) is 16.3. The predicted molar refractivity (Wildman–Crippen MR) is 104 cm³/mol. The number of carbonyl (C=O) groups is 1. The van der Waals surface area contributed by atoms with Crippen LogP contribution in [0.15, 0.2) is 40.9 Å². The summed E-state index contributed by atoms with van der Waals surface area (Å²) in [5.41, 5.74) is 1.77. The largest absolute Gasteiger partial charge is 0.493 e. The van der Waals surface area contributed by atoms with Crippen LogP contribution in [0.3, 0.4) is 0 Å². The van der Waals surface area contributed by atoms with Crippen molar-refractivity contribution < 1.29 is 23.2 Å². The Morgan fingerprint density at radius 1 is 1.14 bits per heavy atom. The van der Waals surface area contributed by atoms with E-state index in [1.54, 1.807) is 56.4 Å². The normalized spacial score (nSPS) is 16.3. The summed E-state index contributed by atoms with van der Waals surface area (Å²) in [7, 11) is 3.11. The molecule has 1 aliphatic rings. The van der Waals surface area contributed by atoms with E-state index in [-0.39, 0.29) is 24.1 Å². The molecule has 0 saturated carbocycles. The SMILES string of the molecule is COc1ccc(-c2noc([C@@H]3CC(=O)N(c4ccc(C)c(F)c4)C3)n2)cc1OC. The number of nitrogens with zero attached hydrogens (tertiary/aromatic N) is 3. The minimum atomic E-state index is -0.340. The van der Waals surface area contributed by atoms with E-state index >= 15 is 0 Å². The first-order chi connectivity index (χ1) is 14.0. The van der Waals surface area contributed by atoms with Gasteiger partial charge in [0.05, 0.1) is 20.1 Å². The number of halogens is 1. The van der Waals surface area contributed by atoms with E-state index in [9.17, 15) is 9.18 Å². The van der Waals surface area contributed by atoms with Crippen LogP contribution in [0.2, 0.25) is 0 Å². The number of aryl methyl sites for hydroxylation is 1. The Balaban J connectivity index is 1.56. The Bertz CT molecular complexity index is 1070. The molecule has 1 amide bonds. The molecule has 0 radical (unpaired) electrons. The highest BCUT2D eigenvalue weighted by Gasteiger charge is 2.35. The zero-order chi connectivity index (χ0) is 20.5. The molecule has 150 valence electrons. The molecule has 1 atom stereocenters. The number of amides is 1. The number of methoxy groups -OCH3 is 2. The molecule has 8 heteroatoms. The summed E-state index contributed by atoms with van der Waals surface area (Å²) in [5, 5.41) is 4.04. The molecule has 29 heavy (non-hydrogen) atoms. The number of carbonyl (C=O) groups excluding carboxylic acids is 1. The third-order valence-corrected chi connectivity index (χ3v) is 5.02. The monoisotopic (exact) mass is 397 g/mol. The van der Waals surface area contributed by atoms with Crippen LogP contribution in [0.5, 0.6) is 11.5 Å². The van der Waals surface area contributed by atoms with Crippen molar-refractivity contribution in [3.8, 4) is 22.9 Å². The molecule has 4 rings (SSSR count). The first-order valence-electron chi connectivity index (χ1n) is 9.12. The fourth-order valence-corrected chi connectivity index (χ4v) is 3.37. The molecule has 0 bridgehead atoms. The molecule has 0 aliphatic carbocycles. The van der Waals surface area contributed by atoms with Crippen LogP contribution in [0.25, 0.3) is 11.4 Å². The first-order valence-corrected chi connectivity index (χ1v) is 9.12. The number of benzene rings is 2. The van der Waals surface area contributed by atoms with Crippen LogP contribution in [0, 0.1) is 12.7 Å². The van der Waals surface area contributed by atoms with E-state index < -0.39 is 0 Å². The number of rotatable bonds is 5. The van der Waals surface area contributed by atoms with E-state index in [4.69, 9.17) is 14.0 Å². The Morgan fingerprint density at radius 2 is 1.93 bits per heavy atom. The minimum absolute atomic E-state index is 0.107. The van der Waals surface area contributed by atoms with Gasteiger partial charge in [-0.05, 0) is 42.8 Å². The molecule has 1 aliphatic heterocycles. The first kappa shape index (κ1) is 18.9. The van der Waals surface area contributed by atoms with E-state index in [1.165, 1.54) is 6.07 Å². The smallest absolute Gasteiger partial charge is 0.232 e. The second kappa shape index (κ2) is 7.54. The number of anilines is 1. The predicted octanol–water partition coefficient (Wildman–Crippen LogP) is 3.72. The zero-order valence-electron chi connectivity index (χ0n) is 16.3. The summed E-state index contributed by atoms with van der Waals surface area (Å²) in [4.78, 5) is 18.5. The molecule has 1 aromatic heterocycles. The number of ether oxygens (including phenoxy) is 2. The van der Waals surface area contributed by atoms with Gasteiger partial charge in [-0.3, -0.25) is 4.79 Å². The molecule has 0 N–H and O–H groups in total. The summed E-state index contributed by atoms with van der Waals surface area (Å²) in [6, 6.07) is 10.1. The fourth-order valence-electron chi connectivity index (χ4n) is 3.37. The number of aromatic nitrogens is 2. The van der Waals surface area contributed by atoms with Gasteiger partial charge in [0.1, 0.15) is 5.82 Å². The van der Waals surface area contributed by atoms with Crippen LogP contribution in [-0.4, -0.2) is 36.8 Å². The van der Waals surface area contributed by atoms with Gasteiger partial charge in [0, 0.05) is 24.2 Å². The topological polar surface area (TPSA) is 77.7 Å². The van der Waals surface area contributed by atoms with Gasteiger partial charge >= 0.3 is 0 Å². The van der Waals surface area contributed by atoms with Gasteiger partial charge in [0.25, 0.3) is 0 Å². The average Bonchev–Trinajstić information content (AvgIpc) is 3.36. The van der Waals surface area contributed by atoms with Crippen molar-refractivity contribution in [2.24, 2.45) is 0 Å². The molecule has 0 unspecified atom stereocenters. The lowest BCUT2D eigenvalue weighted by molar-refractivity contribution is -0.117. The lowest BCUT2D eigenvalue weighted by Crippen LogP contribution is -2.24. The molecule has 3 aromatic rings. The summed E-state index contributed by atoms with van der Waals surface area (Å²) in [6.45, 7) is 2.04. The quantitative estimate of drug-likeness (QED) is 0.653. The third kappa shape index (κ3) is 3.53. The highest BCUT2D eigenvalue weighted by atomic mass is 19.1. The highest BCUT2D eigenvalue weighted by Crippen LogP contribution is 2.34. The van der Waals surface area contributed by atoms with Crippen molar-refractivity contribution in [1.82, 2.24) is 10.1 Å². The van der Waals surface area contributed by atoms with E-state index in [0.717, 1.165) is 0 Å². The maximum atomic E-state index is 13.9. The average molecular weight is 397 g/mol. The van der Waals surface area contributed by atoms with Crippen molar-refractivity contribution in [2.45, 2.75) is 19.3 Å². The minimum Gasteiger partial charge on any atom is -0.493 e. The third-order valence-electron chi connectivity index (χ3n) is 5.02. The van der Waals surface area contributed by atoms with Gasteiger partial charge in [-0.1, -0.05) is 11.2 Å². The van der Waals surface area contributed by atoms with Crippen LogP contribution in [0.1, 0.15) is 23.8 Å². The Morgan fingerprint density at radius 3 is 2.66 bits per heavy atom. The molecule has 0 spiro atoms. The second-order valence-electron chi connectivity index (χ2n) is 6.86. The molecule has 1 fully saturated rings. The summed E-state index contributed by atoms with van der Waals surface area (Å²) < 4.78 is 29.9. The lowest BCUT2D eigenvalue weighted by Gasteiger charge is -2.16. The van der Waals surface area contributed by atoms with Crippen molar-refractivity contribution in [3.63, 3.8) is 0 Å². The van der Waals surface area contributed by atoms with Crippen molar-refractivity contribution in [2.75, 3.05) is 25.7 Å². The summed E-state index contributed by atoms with van der Waals surface area (Å²) >= 11 is 0.